The van der Waals surface area contributed by atoms with E-state index in [-0.39, 0.29) is 18.2 Å². The summed E-state index contributed by atoms with van der Waals surface area (Å²) in [5.74, 6) is -0.0233. The van der Waals surface area contributed by atoms with Gasteiger partial charge in [-0.05, 0) is 18.6 Å². The van der Waals surface area contributed by atoms with Crippen LogP contribution in [0.15, 0.2) is 42.5 Å². The molecule has 9 heteroatoms. The number of benzene rings is 2. The number of para-hydroxylation sites is 2. The Hall–Kier alpha value is -3.49. The fraction of sp³-hybridized carbons (Fsp3) is 0.235. The van der Waals surface area contributed by atoms with Crippen molar-refractivity contribution in [3.8, 4) is 5.75 Å². The van der Waals surface area contributed by atoms with Gasteiger partial charge in [0.15, 0.2) is 0 Å². The molecular formula is C17H15N3O6. The number of non-ortho nitro benzene ring substituents is 2. The molecule has 0 spiro atoms. The first-order valence-electron chi connectivity index (χ1n) is 7.92. The van der Waals surface area contributed by atoms with Crippen molar-refractivity contribution < 1.29 is 19.4 Å². The van der Waals surface area contributed by atoms with E-state index in [1.54, 1.807) is 24.3 Å². The Balaban J connectivity index is 2.06. The molecule has 1 heterocycles. The number of hydrogen-bond donors (Lipinski definition) is 0. The Bertz CT molecular complexity index is 866. The van der Waals surface area contributed by atoms with Crippen molar-refractivity contribution in [2.24, 2.45) is 0 Å². The monoisotopic (exact) mass is 357 g/mol. The molecule has 2 aromatic carbocycles. The van der Waals surface area contributed by atoms with Gasteiger partial charge in [-0.15, -0.1) is 0 Å². The largest absolute Gasteiger partial charge is 0.486 e. The summed E-state index contributed by atoms with van der Waals surface area (Å²) in [6.45, 7) is 2.17. The van der Waals surface area contributed by atoms with Crippen molar-refractivity contribution in [2.45, 2.75) is 19.4 Å². The van der Waals surface area contributed by atoms with Gasteiger partial charge in [-0.1, -0.05) is 19.1 Å². The molecule has 0 saturated carbocycles. The zero-order valence-corrected chi connectivity index (χ0v) is 13.8. The highest BCUT2D eigenvalue weighted by atomic mass is 16.6. The lowest BCUT2D eigenvalue weighted by atomic mass is 10.1. The summed E-state index contributed by atoms with van der Waals surface area (Å²) in [6.07, 6.45) is 0.426. The molecular weight excluding hydrogens is 342 g/mol. The van der Waals surface area contributed by atoms with Gasteiger partial charge in [0, 0.05) is 12.1 Å². The second-order valence-electron chi connectivity index (χ2n) is 5.78. The van der Waals surface area contributed by atoms with Crippen molar-refractivity contribution in [1.82, 2.24) is 0 Å². The Kier molecular flexibility index (Phi) is 4.53. The molecule has 0 saturated heterocycles. The van der Waals surface area contributed by atoms with Crippen LogP contribution in [0.2, 0.25) is 0 Å². The SMILES string of the molecule is CCC1CN(C(=O)c2cc([N+](=O)[O-])cc([N+](=O)[O-])c2)c2ccccc2O1. The lowest BCUT2D eigenvalue weighted by Gasteiger charge is -2.34. The predicted molar refractivity (Wildman–Crippen MR) is 92.6 cm³/mol. The van der Waals surface area contributed by atoms with Crippen LogP contribution in [0.4, 0.5) is 17.1 Å². The number of ether oxygens (including phenoxy) is 1. The Morgan fingerprint density at radius 3 is 2.35 bits per heavy atom. The van der Waals surface area contributed by atoms with E-state index in [4.69, 9.17) is 4.74 Å². The maximum Gasteiger partial charge on any atom is 0.277 e. The van der Waals surface area contributed by atoms with Gasteiger partial charge in [0.1, 0.15) is 11.9 Å². The molecule has 0 aliphatic carbocycles. The molecule has 0 aromatic heterocycles. The first-order valence-corrected chi connectivity index (χ1v) is 7.92. The molecule has 134 valence electrons. The molecule has 2 aromatic rings. The number of nitrogens with zero attached hydrogens (tertiary/aromatic N) is 3. The molecule has 0 bridgehead atoms. The topological polar surface area (TPSA) is 116 Å². The first-order chi connectivity index (χ1) is 12.4. The second-order valence-corrected chi connectivity index (χ2v) is 5.78. The highest BCUT2D eigenvalue weighted by molar-refractivity contribution is 6.08. The van der Waals surface area contributed by atoms with Crippen LogP contribution in [0.1, 0.15) is 23.7 Å². The lowest BCUT2D eigenvalue weighted by Crippen LogP contribution is -2.43. The van der Waals surface area contributed by atoms with E-state index in [9.17, 15) is 25.0 Å². The summed E-state index contributed by atoms with van der Waals surface area (Å²) in [4.78, 5) is 35.0. The predicted octanol–water partition coefficient (Wildman–Crippen LogP) is 3.32. The van der Waals surface area contributed by atoms with E-state index in [1.165, 1.54) is 4.90 Å². The fourth-order valence-electron chi connectivity index (χ4n) is 2.79. The van der Waals surface area contributed by atoms with Crippen LogP contribution in [0.3, 0.4) is 0 Å². The maximum absolute atomic E-state index is 13.0. The average Bonchev–Trinajstić information content (AvgIpc) is 2.65. The van der Waals surface area contributed by atoms with E-state index in [1.807, 2.05) is 6.92 Å². The number of nitro groups is 2. The van der Waals surface area contributed by atoms with Gasteiger partial charge in [0.25, 0.3) is 17.3 Å². The highest BCUT2D eigenvalue weighted by Crippen LogP contribution is 2.35. The minimum absolute atomic E-state index is 0.113. The molecule has 1 amide bonds. The van der Waals surface area contributed by atoms with Gasteiger partial charge in [-0.3, -0.25) is 25.0 Å². The van der Waals surface area contributed by atoms with Crippen LogP contribution < -0.4 is 9.64 Å². The molecule has 0 fully saturated rings. The maximum atomic E-state index is 13.0. The van der Waals surface area contributed by atoms with Crippen molar-refractivity contribution in [2.75, 3.05) is 11.4 Å². The third kappa shape index (κ3) is 3.18. The molecule has 0 N–H and O–H groups in total. The molecule has 1 aliphatic heterocycles. The minimum Gasteiger partial charge on any atom is -0.486 e. The van der Waals surface area contributed by atoms with Crippen LogP contribution in [0, 0.1) is 20.2 Å². The number of carbonyl (C=O) groups excluding carboxylic acids is 1. The molecule has 9 nitrogen and oxygen atoms in total. The van der Waals surface area contributed by atoms with Crippen LogP contribution >= 0.6 is 0 Å². The van der Waals surface area contributed by atoms with E-state index >= 15 is 0 Å². The van der Waals surface area contributed by atoms with Crippen molar-refractivity contribution in [1.29, 1.82) is 0 Å². The van der Waals surface area contributed by atoms with Gasteiger partial charge < -0.3 is 9.64 Å². The number of fused-ring (bicyclic) bond motifs is 1. The van der Waals surface area contributed by atoms with Gasteiger partial charge in [-0.25, -0.2) is 0 Å². The smallest absolute Gasteiger partial charge is 0.277 e. The third-order valence-electron chi connectivity index (χ3n) is 4.11. The Morgan fingerprint density at radius 2 is 1.77 bits per heavy atom. The standard InChI is InChI=1S/C17H15N3O6/c1-2-14-10-18(15-5-3-4-6-16(15)26-14)17(21)11-7-12(19(22)23)9-13(8-11)20(24)25/h3-9,14H,2,10H2,1H3. The van der Waals surface area contributed by atoms with Gasteiger partial charge in [0.2, 0.25) is 0 Å². The number of amides is 1. The third-order valence-corrected chi connectivity index (χ3v) is 4.11. The number of carbonyl (C=O) groups is 1. The van der Waals surface area contributed by atoms with E-state index in [0.29, 0.717) is 17.9 Å². The van der Waals surface area contributed by atoms with Crippen LogP contribution in [0.25, 0.3) is 0 Å². The molecule has 1 unspecified atom stereocenters. The summed E-state index contributed by atoms with van der Waals surface area (Å²) in [7, 11) is 0. The molecule has 0 radical (unpaired) electrons. The minimum atomic E-state index is -0.758. The zero-order chi connectivity index (χ0) is 18.8. The number of anilines is 1. The quantitative estimate of drug-likeness (QED) is 0.612. The van der Waals surface area contributed by atoms with Crippen LogP contribution in [0.5, 0.6) is 5.75 Å². The van der Waals surface area contributed by atoms with Gasteiger partial charge >= 0.3 is 0 Å². The molecule has 1 aliphatic rings. The van der Waals surface area contributed by atoms with Crippen molar-refractivity contribution in [3.63, 3.8) is 0 Å². The Labute approximate surface area is 148 Å². The molecule has 26 heavy (non-hydrogen) atoms. The second kappa shape index (κ2) is 6.79. The van der Waals surface area contributed by atoms with Crippen molar-refractivity contribution in [3.05, 3.63) is 68.3 Å². The van der Waals surface area contributed by atoms with E-state index < -0.39 is 27.1 Å². The fourth-order valence-corrected chi connectivity index (χ4v) is 2.79. The number of rotatable bonds is 4. The lowest BCUT2D eigenvalue weighted by molar-refractivity contribution is -0.394. The first kappa shape index (κ1) is 17.3. The van der Waals surface area contributed by atoms with Crippen molar-refractivity contribution >= 4 is 23.0 Å². The summed E-state index contributed by atoms with van der Waals surface area (Å²) < 4.78 is 5.81. The van der Waals surface area contributed by atoms with Gasteiger partial charge in [0.05, 0.1) is 33.7 Å². The average molecular weight is 357 g/mol. The number of nitro benzene ring substituents is 2. The highest BCUT2D eigenvalue weighted by Gasteiger charge is 2.31. The normalized spacial score (nSPS) is 15.7. The van der Waals surface area contributed by atoms with Gasteiger partial charge in [-0.2, -0.15) is 0 Å². The summed E-state index contributed by atoms with van der Waals surface area (Å²) in [5, 5.41) is 22.1. The molecule has 3 rings (SSSR count). The molecule has 1 atom stereocenters. The van der Waals surface area contributed by atoms with E-state index in [0.717, 1.165) is 18.2 Å². The van der Waals surface area contributed by atoms with Crippen LogP contribution in [-0.4, -0.2) is 28.4 Å². The van der Waals surface area contributed by atoms with Crippen LogP contribution in [-0.2, 0) is 0 Å². The summed E-state index contributed by atoms with van der Waals surface area (Å²) in [5.41, 5.74) is -0.596. The summed E-state index contributed by atoms with van der Waals surface area (Å²) >= 11 is 0. The number of hydrogen-bond acceptors (Lipinski definition) is 6. The Morgan fingerprint density at radius 1 is 1.15 bits per heavy atom. The zero-order valence-electron chi connectivity index (χ0n) is 13.8. The van der Waals surface area contributed by atoms with E-state index in [2.05, 4.69) is 0 Å². The summed E-state index contributed by atoms with van der Waals surface area (Å²) in [6, 6.07) is 9.88.